The van der Waals surface area contributed by atoms with Crippen LogP contribution < -0.4 is 5.32 Å². The fourth-order valence-corrected chi connectivity index (χ4v) is 4.23. The van der Waals surface area contributed by atoms with Crippen LogP contribution >= 0.6 is 15.9 Å². The minimum atomic E-state index is -0.945. The van der Waals surface area contributed by atoms with Crippen LogP contribution in [0.5, 0.6) is 0 Å². The number of hydrogen-bond acceptors (Lipinski definition) is 2. The van der Waals surface area contributed by atoms with Gasteiger partial charge < -0.3 is 10.4 Å². The van der Waals surface area contributed by atoms with Gasteiger partial charge in [0, 0.05) is 10.4 Å². The Morgan fingerprint density at radius 2 is 2.00 bits per heavy atom. The van der Waals surface area contributed by atoms with Gasteiger partial charge in [0.05, 0.1) is 17.3 Å². The summed E-state index contributed by atoms with van der Waals surface area (Å²) in [6.45, 7) is 0. The molecule has 0 amide bonds. The Morgan fingerprint density at radius 1 is 1.25 bits per heavy atom. The number of carbonyl (C=O) groups is 1. The minimum Gasteiger partial charge on any atom is -0.478 e. The Hall–Kier alpha value is -2.14. The predicted octanol–water partition coefficient (Wildman–Crippen LogP) is 5.11. The van der Waals surface area contributed by atoms with E-state index in [1.54, 1.807) is 12.1 Å². The van der Waals surface area contributed by atoms with Gasteiger partial charge in [0.2, 0.25) is 0 Å². The van der Waals surface area contributed by atoms with Gasteiger partial charge >= 0.3 is 5.97 Å². The molecule has 0 radical (unpaired) electrons. The van der Waals surface area contributed by atoms with Gasteiger partial charge in [0.15, 0.2) is 0 Å². The van der Waals surface area contributed by atoms with Crippen LogP contribution in [-0.4, -0.2) is 11.1 Å². The molecule has 2 aromatic carbocycles. The van der Waals surface area contributed by atoms with Crippen LogP contribution in [0.4, 0.5) is 10.1 Å². The molecule has 4 rings (SSSR count). The van der Waals surface area contributed by atoms with E-state index in [4.69, 9.17) is 5.11 Å². The van der Waals surface area contributed by atoms with Crippen LogP contribution in [0.3, 0.4) is 0 Å². The van der Waals surface area contributed by atoms with Crippen LogP contribution in [0.25, 0.3) is 0 Å². The topological polar surface area (TPSA) is 49.3 Å². The van der Waals surface area contributed by atoms with Crippen molar-refractivity contribution in [1.29, 1.82) is 0 Å². The van der Waals surface area contributed by atoms with Gasteiger partial charge in [-0.1, -0.05) is 40.2 Å². The molecule has 0 saturated carbocycles. The SMILES string of the molecule is O=C(O)c1ccc([C@@H]2Nc3c(F)cc(Br)cc3[C@@H]3C=CC[C@@H]32)cc1. The third-order valence-electron chi connectivity index (χ3n) is 4.90. The highest BCUT2D eigenvalue weighted by Crippen LogP contribution is 2.51. The Kier molecular flexibility index (Phi) is 3.68. The second-order valence-corrected chi connectivity index (χ2v) is 7.17. The molecule has 2 N–H and O–H groups in total. The molecule has 0 aromatic heterocycles. The first-order valence-corrected chi connectivity index (χ1v) is 8.59. The van der Waals surface area contributed by atoms with Crippen LogP contribution in [0.2, 0.25) is 0 Å². The van der Waals surface area contributed by atoms with Crippen molar-refractivity contribution in [3.8, 4) is 0 Å². The summed E-state index contributed by atoms with van der Waals surface area (Å²) in [6, 6.07) is 10.2. The number of benzene rings is 2. The Morgan fingerprint density at radius 3 is 2.71 bits per heavy atom. The van der Waals surface area contributed by atoms with Gasteiger partial charge in [-0.3, -0.25) is 0 Å². The van der Waals surface area contributed by atoms with Crippen LogP contribution in [0.15, 0.2) is 53.0 Å². The minimum absolute atomic E-state index is 0.0454. The van der Waals surface area contributed by atoms with E-state index in [9.17, 15) is 9.18 Å². The zero-order chi connectivity index (χ0) is 16.8. The van der Waals surface area contributed by atoms with Crippen molar-refractivity contribution in [3.05, 3.63) is 75.5 Å². The van der Waals surface area contributed by atoms with E-state index < -0.39 is 5.97 Å². The molecule has 5 heteroatoms. The second-order valence-electron chi connectivity index (χ2n) is 6.25. The number of aromatic carboxylic acids is 1. The van der Waals surface area contributed by atoms with Gasteiger partial charge in [0.1, 0.15) is 5.82 Å². The summed E-state index contributed by atoms with van der Waals surface area (Å²) < 4.78 is 15.2. The molecule has 2 aromatic rings. The number of nitrogens with one attached hydrogen (secondary N) is 1. The lowest BCUT2D eigenvalue weighted by atomic mass is 9.77. The standard InChI is InChI=1S/C19H15BrFNO2/c20-12-8-15-13-2-1-3-14(13)17(22-18(15)16(21)9-12)10-4-6-11(7-5-10)19(23)24/h1-2,4-9,13-14,17,22H,3H2,(H,23,24)/t13-,14+,17+/m1/s1. The quantitative estimate of drug-likeness (QED) is 0.703. The lowest BCUT2D eigenvalue weighted by molar-refractivity contribution is 0.0697. The van der Waals surface area contributed by atoms with Crippen molar-refractivity contribution in [2.24, 2.45) is 5.92 Å². The molecule has 2 aliphatic rings. The number of hydrogen-bond donors (Lipinski definition) is 2. The Labute approximate surface area is 147 Å². The molecule has 0 fully saturated rings. The molecule has 3 nitrogen and oxygen atoms in total. The molecule has 1 aliphatic carbocycles. The molecule has 24 heavy (non-hydrogen) atoms. The number of carboxylic acids is 1. The van der Waals surface area contributed by atoms with Crippen LogP contribution in [0, 0.1) is 11.7 Å². The molecular formula is C19H15BrFNO2. The van der Waals surface area contributed by atoms with E-state index in [0.29, 0.717) is 11.6 Å². The van der Waals surface area contributed by atoms with E-state index in [1.807, 2.05) is 18.2 Å². The average Bonchev–Trinajstić information content (AvgIpc) is 3.04. The number of halogens is 2. The summed E-state index contributed by atoms with van der Waals surface area (Å²) >= 11 is 3.37. The molecule has 1 heterocycles. The lowest BCUT2D eigenvalue weighted by Gasteiger charge is -2.37. The number of fused-ring (bicyclic) bond motifs is 3. The molecule has 122 valence electrons. The third-order valence-corrected chi connectivity index (χ3v) is 5.36. The van der Waals surface area contributed by atoms with E-state index in [-0.39, 0.29) is 23.3 Å². The zero-order valence-corrected chi connectivity index (χ0v) is 14.3. The summed E-state index contributed by atoms with van der Waals surface area (Å²) in [5.74, 6) is -0.760. The normalized spacial score (nSPS) is 24.2. The monoisotopic (exact) mass is 387 g/mol. The Balaban J connectivity index is 1.76. The van der Waals surface area contributed by atoms with Gasteiger partial charge in [-0.05, 0) is 47.7 Å². The molecule has 3 atom stereocenters. The molecule has 0 spiro atoms. The number of anilines is 1. The van der Waals surface area contributed by atoms with Crippen LogP contribution in [0.1, 0.15) is 39.9 Å². The highest BCUT2D eigenvalue weighted by Gasteiger charge is 2.39. The van der Waals surface area contributed by atoms with Gasteiger partial charge in [-0.2, -0.15) is 0 Å². The van der Waals surface area contributed by atoms with Crippen molar-refractivity contribution < 1.29 is 14.3 Å². The second kappa shape index (κ2) is 5.74. The van der Waals surface area contributed by atoms with Crippen LogP contribution in [-0.2, 0) is 0 Å². The summed E-state index contributed by atoms with van der Waals surface area (Å²) in [6.07, 6.45) is 5.20. The Bertz CT molecular complexity index is 847. The molecule has 0 saturated heterocycles. The highest BCUT2D eigenvalue weighted by atomic mass is 79.9. The number of carboxylic acid groups (broad SMARTS) is 1. The molecular weight excluding hydrogens is 373 g/mol. The maximum atomic E-state index is 14.5. The van der Waals surface area contributed by atoms with Crippen molar-refractivity contribution in [2.45, 2.75) is 18.4 Å². The summed E-state index contributed by atoms with van der Waals surface area (Å²) in [4.78, 5) is 11.0. The average molecular weight is 388 g/mol. The maximum absolute atomic E-state index is 14.5. The van der Waals surface area contributed by atoms with Gasteiger partial charge in [0.25, 0.3) is 0 Å². The number of rotatable bonds is 2. The molecule has 0 unspecified atom stereocenters. The van der Waals surface area contributed by atoms with Gasteiger partial charge in [-0.25, -0.2) is 9.18 Å². The van der Waals surface area contributed by atoms with E-state index in [0.717, 1.165) is 22.0 Å². The summed E-state index contributed by atoms with van der Waals surface area (Å²) in [5.41, 5.74) is 2.75. The summed E-state index contributed by atoms with van der Waals surface area (Å²) in [7, 11) is 0. The third kappa shape index (κ3) is 2.44. The first kappa shape index (κ1) is 15.4. The number of allylic oxidation sites excluding steroid dienone is 2. The fraction of sp³-hybridized carbons (Fsp3) is 0.211. The van der Waals surface area contributed by atoms with E-state index in [2.05, 4.69) is 33.4 Å². The predicted molar refractivity (Wildman–Crippen MR) is 93.9 cm³/mol. The zero-order valence-electron chi connectivity index (χ0n) is 12.7. The lowest BCUT2D eigenvalue weighted by Crippen LogP contribution is -2.29. The molecule has 0 bridgehead atoms. The summed E-state index contributed by atoms with van der Waals surface area (Å²) in [5, 5.41) is 12.4. The van der Waals surface area contributed by atoms with Crippen molar-refractivity contribution >= 4 is 27.6 Å². The van der Waals surface area contributed by atoms with Crippen molar-refractivity contribution in [1.82, 2.24) is 0 Å². The maximum Gasteiger partial charge on any atom is 0.335 e. The fourth-order valence-electron chi connectivity index (χ4n) is 3.78. The van der Waals surface area contributed by atoms with Gasteiger partial charge in [-0.15, -0.1) is 0 Å². The van der Waals surface area contributed by atoms with E-state index >= 15 is 0 Å². The van der Waals surface area contributed by atoms with Crippen molar-refractivity contribution in [2.75, 3.05) is 5.32 Å². The highest BCUT2D eigenvalue weighted by molar-refractivity contribution is 9.10. The smallest absolute Gasteiger partial charge is 0.335 e. The molecule has 1 aliphatic heterocycles. The largest absolute Gasteiger partial charge is 0.478 e. The first-order valence-electron chi connectivity index (χ1n) is 7.80. The first-order chi connectivity index (χ1) is 11.5. The van der Waals surface area contributed by atoms with Crippen molar-refractivity contribution in [3.63, 3.8) is 0 Å². The van der Waals surface area contributed by atoms with E-state index in [1.165, 1.54) is 6.07 Å².